The Morgan fingerprint density at radius 1 is 1.16 bits per heavy atom. The lowest BCUT2D eigenvalue weighted by Crippen LogP contribution is -2.44. The molecule has 1 saturated heterocycles. The van der Waals surface area contributed by atoms with Gasteiger partial charge < -0.3 is 20.3 Å². The van der Waals surface area contributed by atoms with Gasteiger partial charge in [0.05, 0.1) is 36.0 Å². The quantitative estimate of drug-likeness (QED) is 0.502. The second-order valence-electron chi connectivity index (χ2n) is 9.17. The Balaban J connectivity index is 1.59. The van der Waals surface area contributed by atoms with Crippen molar-refractivity contribution in [1.29, 1.82) is 0 Å². The summed E-state index contributed by atoms with van der Waals surface area (Å²) in [6, 6.07) is 9.38. The van der Waals surface area contributed by atoms with Gasteiger partial charge in [-0.3, -0.25) is 4.98 Å². The summed E-state index contributed by atoms with van der Waals surface area (Å²) in [5, 5.41) is 5.19. The number of rotatable bonds is 6. The summed E-state index contributed by atoms with van der Waals surface area (Å²) in [5.74, 6) is 0.243. The molecule has 2 aliphatic rings. The van der Waals surface area contributed by atoms with E-state index in [0.717, 1.165) is 12.3 Å². The van der Waals surface area contributed by atoms with Crippen molar-refractivity contribution < 1.29 is 22.3 Å². The fourth-order valence-corrected chi connectivity index (χ4v) is 6.39. The second kappa shape index (κ2) is 9.67. The van der Waals surface area contributed by atoms with Gasteiger partial charge in [0, 0.05) is 37.1 Å². The minimum absolute atomic E-state index is 0.0302. The molecule has 1 aromatic carbocycles. The van der Waals surface area contributed by atoms with Gasteiger partial charge in [-0.2, -0.15) is 0 Å². The maximum atomic E-state index is 13.9. The van der Waals surface area contributed by atoms with E-state index >= 15 is 0 Å². The van der Waals surface area contributed by atoms with E-state index < -0.39 is 20.4 Å². The first-order valence-electron chi connectivity index (χ1n) is 11.9. The summed E-state index contributed by atoms with van der Waals surface area (Å²) < 4.78 is 45.6. The third-order valence-electron chi connectivity index (χ3n) is 6.68. The fourth-order valence-electron chi connectivity index (χ4n) is 4.45. The smallest absolute Gasteiger partial charge is 0.318 e. The first kappa shape index (κ1) is 25.0. The highest BCUT2D eigenvalue weighted by Gasteiger charge is 2.58. The van der Waals surface area contributed by atoms with Crippen LogP contribution >= 0.6 is 0 Å². The largest absolute Gasteiger partial charge is 0.377 e. The molecule has 12 heteroatoms. The van der Waals surface area contributed by atoms with Gasteiger partial charge >= 0.3 is 6.03 Å². The van der Waals surface area contributed by atoms with Gasteiger partial charge in [-0.15, -0.1) is 0 Å². The summed E-state index contributed by atoms with van der Waals surface area (Å²) in [6.07, 6.45) is 2.86. The molecule has 1 aliphatic carbocycles. The standard InChI is InChI=1S/C25H27FN6O4S/c1-16-15-36-10-9-32(16)22-12-21(25(7-8-25)37(34,35)20-11-18(26)13-28-14-20)30-23(31-22)17-3-5-19(6-4-17)29-24(33)27-2/h3-6,11-14,16H,7-10,15H2,1-2H3,(H2,27,29,33)/t16-/m0/s1. The van der Waals surface area contributed by atoms with E-state index in [0.29, 0.717) is 61.2 Å². The minimum Gasteiger partial charge on any atom is -0.377 e. The molecule has 0 radical (unpaired) electrons. The molecule has 10 nitrogen and oxygen atoms in total. The van der Waals surface area contributed by atoms with Crippen LogP contribution in [-0.2, 0) is 19.3 Å². The number of urea groups is 1. The number of carbonyl (C=O) groups excluding carboxylic acids is 1. The van der Waals surface area contributed by atoms with Crippen molar-refractivity contribution in [3.8, 4) is 11.4 Å². The average Bonchev–Trinajstić information content (AvgIpc) is 3.72. The van der Waals surface area contributed by atoms with Crippen LogP contribution in [0.25, 0.3) is 11.4 Å². The molecule has 2 fully saturated rings. The van der Waals surface area contributed by atoms with Crippen LogP contribution in [-0.4, -0.2) is 62.2 Å². The van der Waals surface area contributed by atoms with Crippen molar-refractivity contribution in [3.63, 3.8) is 0 Å². The molecular weight excluding hydrogens is 499 g/mol. The first-order valence-corrected chi connectivity index (χ1v) is 13.4. The molecule has 1 aliphatic heterocycles. The molecule has 37 heavy (non-hydrogen) atoms. The number of hydrogen-bond acceptors (Lipinski definition) is 8. The van der Waals surface area contributed by atoms with E-state index in [2.05, 4.69) is 20.5 Å². The lowest BCUT2D eigenvalue weighted by molar-refractivity contribution is 0.0985. The van der Waals surface area contributed by atoms with E-state index in [1.54, 1.807) is 30.3 Å². The van der Waals surface area contributed by atoms with E-state index in [-0.39, 0.29) is 17.0 Å². The highest BCUT2D eigenvalue weighted by molar-refractivity contribution is 7.92. The Bertz CT molecular complexity index is 1430. The van der Waals surface area contributed by atoms with Gasteiger partial charge in [-0.1, -0.05) is 0 Å². The maximum absolute atomic E-state index is 13.9. The second-order valence-corrected chi connectivity index (χ2v) is 11.4. The number of morpholine rings is 1. The van der Waals surface area contributed by atoms with Crippen LogP contribution in [0.4, 0.5) is 20.7 Å². The van der Waals surface area contributed by atoms with Crippen molar-refractivity contribution in [3.05, 3.63) is 60.3 Å². The third-order valence-corrected chi connectivity index (χ3v) is 9.17. The van der Waals surface area contributed by atoms with Gasteiger partial charge in [0.1, 0.15) is 16.4 Å². The van der Waals surface area contributed by atoms with E-state index in [9.17, 15) is 17.6 Å². The Labute approximate surface area is 214 Å². The maximum Gasteiger partial charge on any atom is 0.318 e. The average molecular weight is 527 g/mol. The summed E-state index contributed by atoms with van der Waals surface area (Å²) >= 11 is 0. The highest BCUT2D eigenvalue weighted by Crippen LogP contribution is 2.55. The van der Waals surface area contributed by atoms with Crippen molar-refractivity contribution >= 4 is 27.4 Å². The predicted molar refractivity (Wildman–Crippen MR) is 135 cm³/mol. The number of amides is 2. The topological polar surface area (TPSA) is 126 Å². The molecule has 2 amide bonds. The molecule has 3 heterocycles. The lowest BCUT2D eigenvalue weighted by Gasteiger charge is -2.34. The van der Waals surface area contributed by atoms with Gasteiger partial charge in [0.25, 0.3) is 0 Å². The number of anilines is 2. The molecule has 0 spiro atoms. The van der Waals surface area contributed by atoms with Crippen LogP contribution in [0, 0.1) is 5.82 Å². The van der Waals surface area contributed by atoms with Gasteiger partial charge in [0.2, 0.25) is 0 Å². The minimum atomic E-state index is -3.98. The van der Waals surface area contributed by atoms with Crippen LogP contribution in [0.1, 0.15) is 25.5 Å². The van der Waals surface area contributed by atoms with Crippen LogP contribution in [0.2, 0.25) is 0 Å². The number of benzene rings is 1. The molecular formula is C25H27FN6O4S. The van der Waals surface area contributed by atoms with Crippen LogP contribution in [0.15, 0.2) is 53.7 Å². The van der Waals surface area contributed by atoms with E-state index in [1.807, 2.05) is 6.92 Å². The van der Waals surface area contributed by atoms with Gasteiger partial charge in [-0.05, 0) is 50.1 Å². The number of aromatic nitrogens is 3. The van der Waals surface area contributed by atoms with Crippen LogP contribution < -0.4 is 15.5 Å². The normalized spacial score (nSPS) is 18.8. The molecule has 1 saturated carbocycles. The molecule has 2 aromatic heterocycles. The number of pyridine rings is 1. The zero-order valence-electron chi connectivity index (χ0n) is 20.4. The number of hydrogen-bond donors (Lipinski definition) is 2. The van der Waals surface area contributed by atoms with E-state index in [1.165, 1.54) is 13.2 Å². The lowest BCUT2D eigenvalue weighted by atomic mass is 10.1. The number of sulfone groups is 1. The van der Waals surface area contributed by atoms with Crippen molar-refractivity contribution in [2.24, 2.45) is 0 Å². The molecule has 194 valence electrons. The monoisotopic (exact) mass is 526 g/mol. The number of ether oxygens (including phenoxy) is 1. The molecule has 2 N–H and O–H groups in total. The zero-order valence-corrected chi connectivity index (χ0v) is 21.3. The molecule has 5 rings (SSSR count). The first-order chi connectivity index (χ1) is 17.7. The molecule has 1 atom stereocenters. The summed E-state index contributed by atoms with van der Waals surface area (Å²) in [4.78, 5) is 26.8. The number of halogens is 1. The van der Waals surface area contributed by atoms with Gasteiger partial charge in [0.15, 0.2) is 15.7 Å². The summed E-state index contributed by atoms with van der Waals surface area (Å²) in [5.41, 5.74) is 1.61. The fraction of sp³-hybridized carbons (Fsp3) is 0.360. The predicted octanol–water partition coefficient (Wildman–Crippen LogP) is 3.12. The molecule has 0 unspecified atom stereocenters. The van der Waals surface area contributed by atoms with Crippen molar-refractivity contribution in [2.45, 2.75) is 35.4 Å². The van der Waals surface area contributed by atoms with E-state index in [4.69, 9.17) is 14.7 Å². The summed E-state index contributed by atoms with van der Waals surface area (Å²) in [7, 11) is -2.45. The van der Waals surface area contributed by atoms with Crippen molar-refractivity contribution in [1.82, 2.24) is 20.3 Å². The number of nitrogens with one attached hydrogen (secondary N) is 2. The molecule has 3 aromatic rings. The Kier molecular flexibility index (Phi) is 6.54. The van der Waals surface area contributed by atoms with Crippen molar-refractivity contribution in [2.75, 3.05) is 37.0 Å². The van der Waals surface area contributed by atoms with Crippen LogP contribution in [0.3, 0.4) is 0 Å². The third kappa shape index (κ3) is 4.74. The SMILES string of the molecule is CNC(=O)Nc1ccc(-c2nc(N3CCOC[C@@H]3C)cc(C3(S(=O)(=O)c4cncc(F)c4)CC3)n2)cc1. The Hall–Kier alpha value is -3.64. The highest BCUT2D eigenvalue weighted by atomic mass is 32.2. The van der Waals surface area contributed by atoms with Gasteiger partial charge in [-0.25, -0.2) is 27.6 Å². The summed E-state index contributed by atoms with van der Waals surface area (Å²) in [6.45, 7) is 3.66. The van der Waals surface area contributed by atoms with Crippen LogP contribution in [0.5, 0.6) is 0 Å². The Morgan fingerprint density at radius 3 is 2.57 bits per heavy atom. The number of nitrogens with zero attached hydrogens (tertiary/aromatic N) is 4. The molecule has 0 bridgehead atoms. The zero-order chi connectivity index (χ0) is 26.2. The number of carbonyl (C=O) groups is 1. The Morgan fingerprint density at radius 2 is 1.92 bits per heavy atom.